The molecule has 1 fully saturated rings. The standard InChI is InChI=1S/C15H21NO6S2/c1-9(17)23-7-10-8-24(20,21)13-5-12(19)16(13)14(10)22-6-11(18)15(2,3)4/h13H,5-8H2,1-4H3/t13-/m0/s1. The molecule has 0 aliphatic carbocycles. The molecule has 2 aliphatic rings. The van der Waals surface area contributed by atoms with Gasteiger partial charge in [0.05, 0.1) is 12.2 Å². The van der Waals surface area contributed by atoms with Gasteiger partial charge in [-0.25, -0.2) is 8.42 Å². The van der Waals surface area contributed by atoms with Crippen LogP contribution in [0.25, 0.3) is 0 Å². The van der Waals surface area contributed by atoms with Crippen molar-refractivity contribution in [1.29, 1.82) is 0 Å². The van der Waals surface area contributed by atoms with E-state index in [4.69, 9.17) is 4.74 Å². The van der Waals surface area contributed by atoms with Crippen molar-refractivity contribution in [2.75, 3.05) is 18.1 Å². The molecule has 0 aromatic rings. The fraction of sp³-hybridized carbons (Fsp3) is 0.667. The van der Waals surface area contributed by atoms with E-state index in [-0.39, 0.29) is 47.2 Å². The summed E-state index contributed by atoms with van der Waals surface area (Å²) in [5.41, 5.74) is -0.255. The number of fused-ring (bicyclic) bond motifs is 1. The van der Waals surface area contributed by atoms with Crippen LogP contribution in [-0.4, -0.2) is 53.6 Å². The van der Waals surface area contributed by atoms with Crippen molar-refractivity contribution in [3.05, 3.63) is 11.5 Å². The van der Waals surface area contributed by atoms with Crippen molar-refractivity contribution in [1.82, 2.24) is 4.90 Å². The fourth-order valence-corrected chi connectivity index (χ4v) is 4.87. The maximum absolute atomic E-state index is 12.2. The number of nitrogens with zero attached hydrogens (tertiary/aromatic N) is 1. The third-order valence-electron chi connectivity index (χ3n) is 3.84. The number of rotatable bonds is 5. The zero-order valence-electron chi connectivity index (χ0n) is 14.1. The van der Waals surface area contributed by atoms with Gasteiger partial charge in [0, 0.05) is 23.7 Å². The van der Waals surface area contributed by atoms with Crippen molar-refractivity contribution in [3.8, 4) is 0 Å². The van der Waals surface area contributed by atoms with Gasteiger partial charge >= 0.3 is 0 Å². The van der Waals surface area contributed by atoms with E-state index < -0.39 is 20.6 Å². The molecule has 0 saturated carbocycles. The molecule has 0 N–H and O–H groups in total. The van der Waals surface area contributed by atoms with E-state index in [1.54, 1.807) is 20.8 Å². The van der Waals surface area contributed by atoms with E-state index in [0.717, 1.165) is 16.7 Å². The zero-order valence-corrected chi connectivity index (χ0v) is 15.8. The second-order valence-electron chi connectivity index (χ2n) is 6.88. The van der Waals surface area contributed by atoms with Crippen LogP contribution in [0.15, 0.2) is 11.5 Å². The lowest BCUT2D eigenvalue weighted by molar-refractivity contribution is -0.145. The average Bonchev–Trinajstić information content (AvgIpc) is 2.42. The highest BCUT2D eigenvalue weighted by Gasteiger charge is 2.52. The van der Waals surface area contributed by atoms with Gasteiger partial charge in [-0.15, -0.1) is 0 Å². The Morgan fingerprint density at radius 3 is 2.46 bits per heavy atom. The number of β-lactam (4-membered cyclic amide) rings is 1. The highest BCUT2D eigenvalue weighted by molar-refractivity contribution is 8.13. The van der Waals surface area contributed by atoms with Crippen LogP contribution in [0.4, 0.5) is 0 Å². The Bertz CT molecular complexity index is 717. The highest BCUT2D eigenvalue weighted by Crippen LogP contribution is 2.37. The second kappa shape index (κ2) is 6.51. The Hall–Kier alpha value is -1.35. The van der Waals surface area contributed by atoms with Crippen molar-refractivity contribution in [2.45, 2.75) is 39.5 Å². The van der Waals surface area contributed by atoms with E-state index in [9.17, 15) is 22.8 Å². The molecule has 0 unspecified atom stereocenters. The van der Waals surface area contributed by atoms with E-state index in [0.29, 0.717) is 5.57 Å². The van der Waals surface area contributed by atoms with Crippen LogP contribution in [0.3, 0.4) is 0 Å². The molecular weight excluding hydrogens is 354 g/mol. The van der Waals surface area contributed by atoms with Gasteiger partial charge in [-0.05, 0) is 0 Å². The second-order valence-corrected chi connectivity index (χ2v) is 10.2. The summed E-state index contributed by atoms with van der Waals surface area (Å²) in [6, 6.07) is 0. The Morgan fingerprint density at radius 2 is 1.96 bits per heavy atom. The first-order chi connectivity index (χ1) is 10.9. The molecule has 0 radical (unpaired) electrons. The van der Waals surface area contributed by atoms with Crippen molar-refractivity contribution in [3.63, 3.8) is 0 Å². The summed E-state index contributed by atoms with van der Waals surface area (Å²) >= 11 is 0.947. The number of carbonyl (C=O) groups is 3. The van der Waals surface area contributed by atoms with Crippen LogP contribution in [0.1, 0.15) is 34.1 Å². The smallest absolute Gasteiger partial charge is 0.233 e. The maximum atomic E-state index is 12.2. The normalized spacial score (nSPS) is 22.8. The van der Waals surface area contributed by atoms with Gasteiger partial charge in [0.1, 0.15) is 6.61 Å². The lowest BCUT2D eigenvalue weighted by Gasteiger charge is -2.44. The predicted molar refractivity (Wildman–Crippen MR) is 89.6 cm³/mol. The average molecular weight is 375 g/mol. The molecular formula is C15H21NO6S2. The fourth-order valence-electron chi connectivity index (χ4n) is 2.30. The van der Waals surface area contributed by atoms with Gasteiger partial charge < -0.3 is 4.74 Å². The van der Waals surface area contributed by atoms with E-state index in [1.165, 1.54) is 6.92 Å². The van der Waals surface area contributed by atoms with Crippen LogP contribution in [0, 0.1) is 5.41 Å². The number of carbonyl (C=O) groups excluding carboxylic acids is 3. The molecule has 2 rings (SSSR count). The van der Waals surface area contributed by atoms with Gasteiger partial charge in [-0.2, -0.15) is 0 Å². The highest BCUT2D eigenvalue weighted by atomic mass is 32.2. The molecule has 2 heterocycles. The number of Topliss-reactive ketones (excluding diaryl/α,β-unsaturated/α-hetero) is 1. The molecule has 7 nitrogen and oxygen atoms in total. The van der Waals surface area contributed by atoms with Gasteiger partial charge in [0.25, 0.3) is 0 Å². The molecule has 9 heteroatoms. The SMILES string of the molecule is CC(=O)SCC1=C(OCC(=O)C(C)(C)C)N2C(=O)C[C@@H]2S(=O)(=O)C1. The number of hydrogen-bond donors (Lipinski definition) is 0. The van der Waals surface area contributed by atoms with Crippen LogP contribution < -0.4 is 0 Å². The lowest BCUT2D eigenvalue weighted by atomic mass is 9.91. The molecule has 1 atom stereocenters. The van der Waals surface area contributed by atoms with Gasteiger partial charge in [-0.3, -0.25) is 19.3 Å². The summed E-state index contributed by atoms with van der Waals surface area (Å²) in [5, 5.41) is -1.09. The Balaban J connectivity index is 2.29. The number of ether oxygens (including phenoxy) is 1. The topological polar surface area (TPSA) is 97.8 Å². The van der Waals surface area contributed by atoms with E-state index >= 15 is 0 Å². The Morgan fingerprint density at radius 1 is 1.33 bits per heavy atom. The van der Waals surface area contributed by atoms with Crippen LogP contribution >= 0.6 is 11.8 Å². The van der Waals surface area contributed by atoms with Crippen LogP contribution in [0.5, 0.6) is 0 Å². The number of ketones is 1. The van der Waals surface area contributed by atoms with Gasteiger partial charge in [-0.1, -0.05) is 32.5 Å². The predicted octanol–water partition coefficient (Wildman–Crippen LogP) is 1.10. The Labute approximate surface area is 145 Å². The molecule has 0 aromatic carbocycles. The monoisotopic (exact) mass is 375 g/mol. The third-order valence-corrected chi connectivity index (χ3v) is 6.70. The third kappa shape index (κ3) is 3.83. The minimum absolute atomic E-state index is 0.0739. The summed E-state index contributed by atoms with van der Waals surface area (Å²) in [6.07, 6.45) is -0.0739. The van der Waals surface area contributed by atoms with Crippen molar-refractivity contribution < 1.29 is 27.5 Å². The first-order valence-corrected chi connectivity index (χ1v) is 10.2. The van der Waals surface area contributed by atoms with Crippen LogP contribution in [-0.2, 0) is 29.0 Å². The molecule has 24 heavy (non-hydrogen) atoms. The summed E-state index contributed by atoms with van der Waals surface area (Å²) in [4.78, 5) is 36.2. The zero-order chi connectivity index (χ0) is 18.3. The summed E-state index contributed by atoms with van der Waals surface area (Å²) in [7, 11) is -3.50. The minimum atomic E-state index is -3.50. The van der Waals surface area contributed by atoms with Crippen LogP contribution in [0.2, 0.25) is 0 Å². The molecule has 1 saturated heterocycles. The van der Waals surface area contributed by atoms with Gasteiger partial charge in [0.2, 0.25) is 5.91 Å². The van der Waals surface area contributed by atoms with E-state index in [1.807, 2.05) is 0 Å². The molecule has 1 amide bonds. The summed E-state index contributed by atoms with van der Waals surface area (Å²) in [5.74, 6) is -0.541. The van der Waals surface area contributed by atoms with E-state index in [2.05, 4.69) is 0 Å². The number of amides is 1. The first kappa shape index (κ1) is 19.0. The number of hydrogen-bond acceptors (Lipinski definition) is 7. The molecule has 0 spiro atoms. The lowest BCUT2D eigenvalue weighted by Crippen LogP contribution is -2.59. The van der Waals surface area contributed by atoms with Crippen molar-refractivity contribution in [2.24, 2.45) is 5.41 Å². The quantitative estimate of drug-likeness (QED) is 0.664. The van der Waals surface area contributed by atoms with Crippen molar-refractivity contribution >= 4 is 38.4 Å². The molecule has 0 bridgehead atoms. The van der Waals surface area contributed by atoms with Gasteiger partial charge in [0.15, 0.2) is 32.0 Å². The molecule has 134 valence electrons. The first-order valence-electron chi connectivity index (χ1n) is 7.48. The minimum Gasteiger partial charge on any atom is -0.471 e. The summed E-state index contributed by atoms with van der Waals surface area (Å²) < 4.78 is 30.0. The summed E-state index contributed by atoms with van der Waals surface area (Å²) in [6.45, 7) is 6.39. The number of thioether (sulfide) groups is 1. The molecule has 2 aliphatic heterocycles. The largest absolute Gasteiger partial charge is 0.471 e. The number of sulfone groups is 1. The maximum Gasteiger partial charge on any atom is 0.233 e. The molecule has 0 aromatic heterocycles. The Kier molecular flexibility index (Phi) is 5.15.